The van der Waals surface area contributed by atoms with Crippen LogP contribution in [-0.2, 0) is 12.8 Å². The van der Waals surface area contributed by atoms with E-state index in [-0.39, 0.29) is 0 Å². The number of nitrogens with two attached hydrogens (primary N) is 1. The molecule has 0 unspecified atom stereocenters. The van der Waals surface area contributed by atoms with Gasteiger partial charge in [-0.3, -0.25) is 0 Å². The minimum atomic E-state index is 0.335. The molecular formula is C23H29N2O3+. The third-order valence-electron chi connectivity index (χ3n) is 5.52. The quantitative estimate of drug-likeness (QED) is 0.589. The van der Waals surface area contributed by atoms with Crippen molar-refractivity contribution in [3.05, 3.63) is 53.2 Å². The molecule has 1 aliphatic heterocycles. The number of hydrogen-bond donors (Lipinski definition) is 2. The molecule has 148 valence electrons. The third-order valence-corrected chi connectivity index (χ3v) is 5.52. The van der Waals surface area contributed by atoms with Crippen LogP contribution in [0.2, 0.25) is 0 Å². The van der Waals surface area contributed by atoms with Gasteiger partial charge < -0.3 is 24.5 Å². The van der Waals surface area contributed by atoms with Gasteiger partial charge in [-0.15, -0.1) is 0 Å². The van der Waals surface area contributed by atoms with Crippen molar-refractivity contribution in [2.45, 2.75) is 26.7 Å². The first-order chi connectivity index (χ1) is 13.6. The molecule has 0 fully saturated rings. The Hall–Kier alpha value is -2.66. The maximum atomic E-state index is 5.48. The molecule has 28 heavy (non-hydrogen) atoms. The van der Waals surface area contributed by atoms with Crippen LogP contribution in [0.5, 0.6) is 17.2 Å². The minimum Gasteiger partial charge on any atom is -0.497 e. The summed E-state index contributed by atoms with van der Waals surface area (Å²) >= 11 is 0. The lowest BCUT2D eigenvalue weighted by atomic mass is 10.0. The van der Waals surface area contributed by atoms with Gasteiger partial charge in [0.25, 0.3) is 0 Å². The molecule has 0 radical (unpaired) electrons. The molecule has 0 saturated heterocycles. The van der Waals surface area contributed by atoms with Gasteiger partial charge in [0.05, 0.1) is 20.2 Å². The van der Waals surface area contributed by atoms with Crippen LogP contribution in [0.4, 0.5) is 0 Å². The average Bonchev–Trinajstić information content (AvgIpc) is 3.28. The lowest BCUT2D eigenvalue weighted by molar-refractivity contribution is -0.659. The van der Waals surface area contributed by atoms with Crippen molar-refractivity contribution in [2.75, 3.05) is 27.0 Å². The number of nitrogens with one attached hydrogen (secondary N) is 1. The number of methoxy groups -OCH3 is 1. The zero-order chi connectivity index (χ0) is 19.5. The summed E-state index contributed by atoms with van der Waals surface area (Å²) in [7, 11) is 1.72. The maximum absolute atomic E-state index is 5.48. The highest BCUT2D eigenvalue weighted by molar-refractivity contribution is 5.86. The minimum absolute atomic E-state index is 0.335. The van der Waals surface area contributed by atoms with Gasteiger partial charge in [0.2, 0.25) is 6.79 Å². The smallest absolute Gasteiger partial charge is 0.231 e. The van der Waals surface area contributed by atoms with E-state index in [9.17, 15) is 0 Å². The first-order valence-electron chi connectivity index (χ1n) is 9.99. The maximum Gasteiger partial charge on any atom is 0.231 e. The summed E-state index contributed by atoms with van der Waals surface area (Å²) in [5.41, 5.74) is 5.15. The molecule has 5 nitrogen and oxygen atoms in total. The molecule has 0 aliphatic carbocycles. The molecule has 0 saturated carbocycles. The van der Waals surface area contributed by atoms with Crippen LogP contribution in [0.3, 0.4) is 0 Å². The fraction of sp³-hybridized carbons (Fsp3) is 0.391. The molecule has 2 aromatic carbocycles. The monoisotopic (exact) mass is 381 g/mol. The second-order valence-corrected chi connectivity index (χ2v) is 7.70. The van der Waals surface area contributed by atoms with Gasteiger partial charge in [0, 0.05) is 28.9 Å². The lowest BCUT2D eigenvalue weighted by Gasteiger charge is -2.11. The van der Waals surface area contributed by atoms with Crippen LogP contribution < -0.4 is 19.5 Å². The van der Waals surface area contributed by atoms with Crippen molar-refractivity contribution >= 4 is 10.9 Å². The van der Waals surface area contributed by atoms with Crippen molar-refractivity contribution in [3.63, 3.8) is 0 Å². The first kappa shape index (κ1) is 18.7. The predicted octanol–water partition coefficient (Wildman–Crippen LogP) is 3.20. The van der Waals surface area contributed by atoms with Gasteiger partial charge in [-0.25, -0.2) is 0 Å². The second-order valence-electron chi connectivity index (χ2n) is 7.70. The Balaban J connectivity index is 1.30. The van der Waals surface area contributed by atoms with Crippen molar-refractivity contribution in [1.82, 2.24) is 4.98 Å². The van der Waals surface area contributed by atoms with Crippen LogP contribution in [0.25, 0.3) is 10.9 Å². The van der Waals surface area contributed by atoms with Crippen molar-refractivity contribution in [2.24, 2.45) is 5.92 Å². The molecule has 4 rings (SSSR count). The Bertz CT molecular complexity index is 964. The van der Waals surface area contributed by atoms with Gasteiger partial charge in [-0.2, -0.15) is 0 Å². The topological polar surface area (TPSA) is 60.1 Å². The summed E-state index contributed by atoms with van der Waals surface area (Å²) in [5, 5.41) is 3.70. The van der Waals surface area contributed by atoms with E-state index in [0.29, 0.717) is 12.7 Å². The average molecular weight is 381 g/mol. The Kier molecular flexibility index (Phi) is 5.44. The van der Waals surface area contributed by atoms with Gasteiger partial charge >= 0.3 is 0 Å². The molecule has 0 amide bonds. The van der Waals surface area contributed by atoms with E-state index in [4.69, 9.17) is 14.2 Å². The molecule has 0 spiro atoms. The summed E-state index contributed by atoms with van der Waals surface area (Å²) < 4.78 is 16.3. The molecule has 1 atom stereocenters. The molecule has 5 heteroatoms. The fourth-order valence-electron chi connectivity index (χ4n) is 4.01. The van der Waals surface area contributed by atoms with Gasteiger partial charge in [-0.05, 0) is 54.8 Å². The molecule has 3 aromatic rings. The SMILES string of the molecule is COc1ccc2[nH]c(C)c(CC[NH2+]C[C@H](C)Cc3ccc4c(c3)OCO4)c2c1. The second kappa shape index (κ2) is 8.15. The number of ether oxygens (including phenoxy) is 3. The Labute approximate surface area is 166 Å². The first-order valence-corrected chi connectivity index (χ1v) is 9.99. The van der Waals surface area contributed by atoms with E-state index in [1.807, 2.05) is 12.1 Å². The fourth-order valence-corrected chi connectivity index (χ4v) is 4.01. The summed E-state index contributed by atoms with van der Waals surface area (Å²) in [4.78, 5) is 3.49. The van der Waals surface area contributed by atoms with Crippen LogP contribution in [-0.4, -0.2) is 32.0 Å². The van der Waals surface area contributed by atoms with Gasteiger partial charge in [-0.1, -0.05) is 13.0 Å². The zero-order valence-corrected chi connectivity index (χ0v) is 16.9. The van der Waals surface area contributed by atoms with Crippen molar-refractivity contribution in [1.29, 1.82) is 0 Å². The number of benzene rings is 2. The summed E-state index contributed by atoms with van der Waals surface area (Å²) in [5.74, 6) is 3.24. The van der Waals surface area contributed by atoms with Crippen LogP contribution in [0, 0.1) is 12.8 Å². The van der Waals surface area contributed by atoms with E-state index in [1.165, 1.54) is 27.7 Å². The molecule has 1 aromatic heterocycles. The number of aromatic nitrogens is 1. The van der Waals surface area contributed by atoms with E-state index >= 15 is 0 Å². The van der Waals surface area contributed by atoms with Gasteiger partial charge in [0.15, 0.2) is 11.5 Å². The number of quaternary nitrogens is 1. The van der Waals surface area contributed by atoms with E-state index in [2.05, 4.69) is 48.4 Å². The number of aryl methyl sites for hydroxylation is 1. The molecule has 3 N–H and O–H groups in total. The zero-order valence-electron chi connectivity index (χ0n) is 16.9. The summed E-state index contributed by atoms with van der Waals surface area (Å²) in [6.07, 6.45) is 2.10. The summed E-state index contributed by atoms with van der Waals surface area (Å²) in [6, 6.07) is 12.5. The lowest BCUT2D eigenvalue weighted by Crippen LogP contribution is -2.86. The number of hydrogen-bond acceptors (Lipinski definition) is 3. The van der Waals surface area contributed by atoms with Crippen LogP contribution >= 0.6 is 0 Å². The Morgan fingerprint density at radius 2 is 2.00 bits per heavy atom. The standard InChI is InChI=1S/C23H28N2O3/c1-15(10-17-4-7-22-23(11-17)28-14-27-22)13-24-9-8-19-16(2)25-21-6-5-18(26-3)12-20(19)21/h4-7,11-12,15,24-25H,8-10,13-14H2,1-3H3/p+1/t15-/m1/s1. The third kappa shape index (κ3) is 3.94. The predicted molar refractivity (Wildman–Crippen MR) is 110 cm³/mol. The van der Waals surface area contributed by atoms with Gasteiger partial charge in [0.1, 0.15) is 5.75 Å². The van der Waals surface area contributed by atoms with E-state index in [0.717, 1.165) is 43.2 Å². The number of rotatable bonds is 8. The van der Waals surface area contributed by atoms with Crippen LogP contribution in [0.15, 0.2) is 36.4 Å². The molecule has 0 bridgehead atoms. The Morgan fingerprint density at radius 3 is 2.86 bits per heavy atom. The number of H-pyrrole nitrogens is 1. The molecule has 1 aliphatic rings. The largest absolute Gasteiger partial charge is 0.497 e. The Morgan fingerprint density at radius 1 is 1.14 bits per heavy atom. The summed E-state index contributed by atoms with van der Waals surface area (Å²) in [6.45, 7) is 6.99. The number of fused-ring (bicyclic) bond motifs is 2. The van der Waals surface area contributed by atoms with Crippen molar-refractivity contribution < 1.29 is 19.5 Å². The highest BCUT2D eigenvalue weighted by Crippen LogP contribution is 2.33. The highest BCUT2D eigenvalue weighted by atomic mass is 16.7. The molecular weight excluding hydrogens is 352 g/mol. The van der Waals surface area contributed by atoms with E-state index in [1.54, 1.807) is 7.11 Å². The molecule has 2 heterocycles. The number of aromatic amines is 1. The normalized spacial score (nSPS) is 13.8. The van der Waals surface area contributed by atoms with E-state index < -0.39 is 0 Å². The van der Waals surface area contributed by atoms with Crippen LogP contribution in [0.1, 0.15) is 23.7 Å². The highest BCUT2D eigenvalue weighted by Gasteiger charge is 2.15. The van der Waals surface area contributed by atoms with Crippen molar-refractivity contribution in [3.8, 4) is 17.2 Å².